The van der Waals surface area contributed by atoms with Crippen molar-refractivity contribution in [3.8, 4) is 5.75 Å². The van der Waals surface area contributed by atoms with Crippen molar-refractivity contribution in [2.24, 2.45) is 0 Å². The van der Waals surface area contributed by atoms with E-state index in [4.69, 9.17) is 16.3 Å². The highest BCUT2D eigenvalue weighted by molar-refractivity contribution is 6.30. The summed E-state index contributed by atoms with van der Waals surface area (Å²) in [6, 6.07) is 15.3. The predicted octanol–water partition coefficient (Wildman–Crippen LogP) is 2.02. The molecule has 1 fully saturated rings. The van der Waals surface area contributed by atoms with Crippen LogP contribution in [0.3, 0.4) is 0 Å². The normalized spacial score (nSPS) is 15.5. The van der Waals surface area contributed by atoms with Crippen molar-refractivity contribution in [1.82, 2.24) is 4.90 Å². The average Bonchev–Trinajstić information content (AvgIpc) is 2.61. The van der Waals surface area contributed by atoms with E-state index in [2.05, 4.69) is 12.1 Å². The number of quaternary nitrogens is 1. The zero-order valence-corrected chi connectivity index (χ0v) is 13.8. The Bertz CT molecular complexity index is 680. The first-order valence-corrected chi connectivity index (χ1v) is 8.09. The van der Waals surface area contributed by atoms with E-state index in [0.717, 1.165) is 31.9 Å². The van der Waals surface area contributed by atoms with E-state index in [1.807, 2.05) is 29.2 Å². The SMILES string of the molecule is COc1ccc([NH+]2CCN(C(=O)c3cccc(Cl)c3)CC2)cc1. The average molecular weight is 332 g/mol. The van der Waals surface area contributed by atoms with Crippen molar-refractivity contribution >= 4 is 23.2 Å². The number of nitrogens with zero attached hydrogens (tertiary/aromatic N) is 1. The number of amides is 1. The third-order valence-electron chi connectivity index (χ3n) is 4.22. The van der Waals surface area contributed by atoms with Gasteiger partial charge in [-0.1, -0.05) is 17.7 Å². The molecule has 1 amide bonds. The van der Waals surface area contributed by atoms with Crippen molar-refractivity contribution in [1.29, 1.82) is 0 Å². The number of hydrogen-bond acceptors (Lipinski definition) is 2. The zero-order chi connectivity index (χ0) is 16.2. The molecule has 2 aromatic rings. The number of methoxy groups -OCH3 is 1. The molecule has 120 valence electrons. The third kappa shape index (κ3) is 3.66. The molecular formula is C18H20ClN2O2+. The van der Waals surface area contributed by atoms with Crippen molar-refractivity contribution in [2.75, 3.05) is 33.3 Å². The van der Waals surface area contributed by atoms with Crippen LogP contribution in [-0.4, -0.2) is 44.1 Å². The Morgan fingerprint density at radius 1 is 1.13 bits per heavy atom. The van der Waals surface area contributed by atoms with Crippen molar-refractivity contribution < 1.29 is 14.4 Å². The Hall–Kier alpha value is -2.04. The summed E-state index contributed by atoms with van der Waals surface area (Å²) in [6.07, 6.45) is 0. The minimum atomic E-state index is 0.0567. The largest absolute Gasteiger partial charge is 0.497 e. The highest BCUT2D eigenvalue weighted by Gasteiger charge is 2.25. The highest BCUT2D eigenvalue weighted by atomic mass is 35.5. The van der Waals surface area contributed by atoms with Gasteiger partial charge in [0.05, 0.1) is 33.3 Å². The van der Waals surface area contributed by atoms with Crippen LogP contribution in [0.5, 0.6) is 5.75 Å². The number of hydrogen-bond donors (Lipinski definition) is 1. The summed E-state index contributed by atoms with van der Waals surface area (Å²) in [5.41, 5.74) is 1.89. The molecule has 1 saturated heterocycles. The summed E-state index contributed by atoms with van der Waals surface area (Å²) in [7, 11) is 1.67. The first-order chi connectivity index (χ1) is 11.2. The number of ether oxygens (including phenoxy) is 1. The quantitative estimate of drug-likeness (QED) is 0.933. The lowest BCUT2D eigenvalue weighted by atomic mass is 10.1. The molecule has 0 bridgehead atoms. The summed E-state index contributed by atoms with van der Waals surface area (Å²) < 4.78 is 5.19. The molecule has 2 aromatic carbocycles. The zero-order valence-electron chi connectivity index (χ0n) is 13.1. The van der Waals surface area contributed by atoms with E-state index < -0.39 is 0 Å². The summed E-state index contributed by atoms with van der Waals surface area (Å²) >= 11 is 5.97. The fourth-order valence-electron chi connectivity index (χ4n) is 2.90. The van der Waals surface area contributed by atoms with Gasteiger partial charge in [-0.25, -0.2) is 0 Å². The van der Waals surface area contributed by atoms with Crippen LogP contribution in [0, 0.1) is 0 Å². The maximum Gasteiger partial charge on any atom is 0.254 e. The molecule has 4 nitrogen and oxygen atoms in total. The number of carbonyl (C=O) groups excluding carboxylic acids is 1. The Morgan fingerprint density at radius 2 is 1.83 bits per heavy atom. The second-order valence-corrected chi connectivity index (χ2v) is 6.07. The molecule has 0 unspecified atom stereocenters. The van der Waals surface area contributed by atoms with Crippen LogP contribution in [0.25, 0.3) is 0 Å². The van der Waals surface area contributed by atoms with Crippen LogP contribution in [0.1, 0.15) is 10.4 Å². The summed E-state index contributed by atoms with van der Waals surface area (Å²) in [4.78, 5) is 15.8. The molecule has 0 spiro atoms. The molecule has 1 aliphatic heterocycles. The predicted molar refractivity (Wildman–Crippen MR) is 90.7 cm³/mol. The van der Waals surface area contributed by atoms with Gasteiger partial charge in [0.25, 0.3) is 5.91 Å². The highest BCUT2D eigenvalue weighted by Crippen LogP contribution is 2.14. The van der Waals surface area contributed by atoms with E-state index in [9.17, 15) is 4.79 Å². The smallest absolute Gasteiger partial charge is 0.254 e. The van der Waals surface area contributed by atoms with E-state index in [1.54, 1.807) is 19.2 Å². The first-order valence-electron chi connectivity index (χ1n) is 7.71. The Kier molecular flexibility index (Phi) is 4.84. The fourth-order valence-corrected chi connectivity index (χ4v) is 3.09. The number of carbonyl (C=O) groups is 1. The second kappa shape index (κ2) is 7.02. The topological polar surface area (TPSA) is 34.0 Å². The van der Waals surface area contributed by atoms with E-state index in [1.165, 1.54) is 10.6 Å². The summed E-state index contributed by atoms with van der Waals surface area (Å²) in [5.74, 6) is 0.921. The molecule has 0 saturated carbocycles. The molecule has 23 heavy (non-hydrogen) atoms. The van der Waals surface area contributed by atoms with Gasteiger partial charge in [-0.3, -0.25) is 9.69 Å². The number of nitrogens with one attached hydrogen (secondary N) is 1. The molecule has 0 atom stereocenters. The Morgan fingerprint density at radius 3 is 2.43 bits per heavy atom. The van der Waals surface area contributed by atoms with Gasteiger partial charge in [-0.2, -0.15) is 0 Å². The Labute approximate surface area is 141 Å². The molecule has 0 aromatic heterocycles. The minimum Gasteiger partial charge on any atom is -0.497 e. The number of benzene rings is 2. The van der Waals surface area contributed by atoms with Gasteiger partial charge >= 0.3 is 0 Å². The molecule has 1 aliphatic rings. The molecule has 3 rings (SSSR count). The molecule has 1 N–H and O–H groups in total. The van der Waals surface area contributed by atoms with E-state index in [-0.39, 0.29) is 5.91 Å². The lowest BCUT2D eigenvalue weighted by Crippen LogP contribution is -3.10. The van der Waals surface area contributed by atoms with Gasteiger partial charge in [-0.05, 0) is 30.3 Å². The van der Waals surface area contributed by atoms with E-state index >= 15 is 0 Å². The van der Waals surface area contributed by atoms with E-state index in [0.29, 0.717) is 10.6 Å². The molecule has 5 heteroatoms. The number of halogens is 1. The van der Waals surface area contributed by atoms with Gasteiger partial charge in [-0.15, -0.1) is 0 Å². The standard InChI is InChI=1S/C18H19ClN2O2/c1-23-17-7-5-16(6-8-17)20-9-11-21(12-10-20)18(22)14-3-2-4-15(19)13-14/h2-8,13H,9-12H2,1H3/p+1. The van der Waals surface area contributed by atoms with Gasteiger partial charge < -0.3 is 9.64 Å². The lowest BCUT2D eigenvalue weighted by molar-refractivity contribution is -0.837. The minimum absolute atomic E-state index is 0.0567. The lowest BCUT2D eigenvalue weighted by Gasteiger charge is -2.32. The molecular weight excluding hydrogens is 312 g/mol. The van der Waals surface area contributed by atoms with Gasteiger partial charge in [0.2, 0.25) is 0 Å². The van der Waals surface area contributed by atoms with Crippen molar-refractivity contribution in [3.63, 3.8) is 0 Å². The van der Waals surface area contributed by atoms with Gasteiger partial charge in [0.1, 0.15) is 11.4 Å². The van der Waals surface area contributed by atoms with Crippen LogP contribution >= 0.6 is 11.6 Å². The molecule has 0 radical (unpaired) electrons. The first kappa shape index (κ1) is 15.8. The fraction of sp³-hybridized carbons (Fsp3) is 0.278. The van der Waals surface area contributed by atoms with Gasteiger partial charge in [0, 0.05) is 22.7 Å². The third-order valence-corrected chi connectivity index (χ3v) is 4.46. The monoisotopic (exact) mass is 331 g/mol. The van der Waals surface area contributed by atoms with Crippen LogP contribution in [0.15, 0.2) is 48.5 Å². The maximum atomic E-state index is 12.5. The van der Waals surface area contributed by atoms with Crippen LogP contribution < -0.4 is 9.64 Å². The van der Waals surface area contributed by atoms with Gasteiger partial charge in [0.15, 0.2) is 0 Å². The number of rotatable bonds is 3. The summed E-state index contributed by atoms with van der Waals surface area (Å²) in [6.45, 7) is 3.29. The molecule has 0 aliphatic carbocycles. The van der Waals surface area contributed by atoms with Crippen LogP contribution in [0.2, 0.25) is 5.02 Å². The summed E-state index contributed by atoms with van der Waals surface area (Å²) in [5, 5.41) is 0.596. The molecule has 1 heterocycles. The number of piperazine rings is 1. The van der Waals surface area contributed by atoms with Crippen LogP contribution in [-0.2, 0) is 0 Å². The maximum absolute atomic E-state index is 12.5. The van der Waals surface area contributed by atoms with Crippen molar-refractivity contribution in [3.05, 3.63) is 59.1 Å². The van der Waals surface area contributed by atoms with Crippen LogP contribution in [0.4, 0.5) is 5.69 Å². The van der Waals surface area contributed by atoms with Crippen molar-refractivity contribution in [2.45, 2.75) is 0 Å². The Balaban J connectivity index is 1.62. The second-order valence-electron chi connectivity index (χ2n) is 5.63.